The molecule has 1 N–H and O–H groups in total. The van der Waals surface area contributed by atoms with Crippen LogP contribution < -0.4 is 5.32 Å². The molecule has 4 nitrogen and oxygen atoms in total. The van der Waals surface area contributed by atoms with E-state index in [1.807, 2.05) is 48.5 Å². The molecule has 152 valence electrons. The minimum Gasteiger partial charge on any atom is -0.449 e. The minimum atomic E-state index is -0.426. The van der Waals surface area contributed by atoms with E-state index in [0.29, 0.717) is 26.0 Å². The number of amides is 1. The lowest BCUT2D eigenvalue weighted by Gasteiger charge is -2.14. The molecule has 0 aromatic heterocycles. The number of nitrogens with zero attached hydrogens (tertiary/aromatic N) is 1. The monoisotopic (exact) mass is 406 g/mol. The Bertz CT molecular complexity index is 1130. The van der Waals surface area contributed by atoms with Crippen LogP contribution in [0.4, 0.5) is 4.79 Å². The van der Waals surface area contributed by atoms with E-state index in [-0.39, 0.29) is 5.92 Å². The maximum Gasteiger partial charge on any atom is 0.407 e. The van der Waals surface area contributed by atoms with Crippen LogP contribution >= 0.6 is 0 Å². The predicted molar refractivity (Wildman–Crippen MR) is 120 cm³/mol. The molecule has 0 saturated carbocycles. The van der Waals surface area contributed by atoms with E-state index in [9.17, 15) is 4.79 Å². The molecule has 1 aliphatic carbocycles. The fourth-order valence-corrected chi connectivity index (χ4v) is 3.84. The molecule has 0 radical (unpaired) electrons. The van der Waals surface area contributed by atoms with Gasteiger partial charge in [0.15, 0.2) is 0 Å². The zero-order valence-corrected chi connectivity index (χ0v) is 17.1. The fraction of sp³-hybridized carbons (Fsp3) is 0.185. The molecule has 1 aliphatic rings. The zero-order valence-electron chi connectivity index (χ0n) is 17.1. The summed E-state index contributed by atoms with van der Waals surface area (Å²) in [6.45, 7) is 0.733. The van der Waals surface area contributed by atoms with Crippen molar-refractivity contribution in [3.8, 4) is 29.0 Å². The normalized spacial score (nSPS) is 11.5. The third-order valence-corrected chi connectivity index (χ3v) is 5.33. The number of fused-ring (bicyclic) bond motifs is 3. The van der Waals surface area contributed by atoms with E-state index in [1.54, 1.807) is 0 Å². The highest BCUT2D eigenvalue weighted by Gasteiger charge is 2.28. The maximum absolute atomic E-state index is 12.1. The van der Waals surface area contributed by atoms with E-state index in [2.05, 4.69) is 47.5 Å². The molecule has 0 fully saturated rings. The SMILES string of the molecule is N#CCc1ccc(C#CCCNC(=O)OCC2c3ccccc3-c3ccccc32)cc1. The van der Waals surface area contributed by atoms with E-state index in [0.717, 1.165) is 11.1 Å². The van der Waals surface area contributed by atoms with Gasteiger partial charge >= 0.3 is 6.09 Å². The molecule has 3 aromatic rings. The van der Waals surface area contributed by atoms with Crippen molar-refractivity contribution in [1.29, 1.82) is 5.26 Å². The Hall–Kier alpha value is -4.02. The number of nitriles is 1. The molecule has 3 aromatic carbocycles. The molecule has 0 atom stereocenters. The minimum absolute atomic E-state index is 0.0574. The summed E-state index contributed by atoms with van der Waals surface area (Å²) in [6.07, 6.45) is 0.506. The molecular weight excluding hydrogens is 384 g/mol. The molecule has 0 aliphatic heterocycles. The third kappa shape index (κ3) is 4.77. The number of hydrogen-bond donors (Lipinski definition) is 1. The van der Waals surface area contributed by atoms with Crippen molar-refractivity contribution in [3.05, 3.63) is 95.1 Å². The molecule has 0 saturated heterocycles. The van der Waals surface area contributed by atoms with Gasteiger partial charge in [0.1, 0.15) is 6.61 Å². The number of alkyl carbamates (subject to hydrolysis) is 1. The second kappa shape index (κ2) is 9.65. The second-order valence-electron chi connectivity index (χ2n) is 7.34. The number of hydrogen-bond acceptors (Lipinski definition) is 3. The van der Waals surface area contributed by atoms with Crippen LogP contribution in [-0.4, -0.2) is 19.2 Å². The quantitative estimate of drug-likeness (QED) is 0.477. The first-order chi connectivity index (χ1) is 15.3. The zero-order chi connectivity index (χ0) is 21.5. The number of carbonyl (C=O) groups excluding carboxylic acids is 1. The molecule has 4 rings (SSSR count). The Morgan fingerprint density at radius 2 is 1.58 bits per heavy atom. The number of benzene rings is 3. The Balaban J connectivity index is 1.26. The first kappa shape index (κ1) is 20.3. The van der Waals surface area contributed by atoms with Crippen LogP contribution in [0, 0.1) is 23.2 Å². The number of nitrogens with one attached hydrogen (secondary N) is 1. The summed E-state index contributed by atoms with van der Waals surface area (Å²) < 4.78 is 5.52. The molecule has 0 unspecified atom stereocenters. The first-order valence-corrected chi connectivity index (χ1v) is 10.3. The first-order valence-electron chi connectivity index (χ1n) is 10.3. The van der Waals surface area contributed by atoms with Gasteiger partial charge < -0.3 is 10.1 Å². The second-order valence-corrected chi connectivity index (χ2v) is 7.34. The molecule has 0 spiro atoms. The van der Waals surface area contributed by atoms with Crippen LogP contribution in [-0.2, 0) is 11.2 Å². The Labute approximate surface area is 182 Å². The molecule has 0 bridgehead atoms. The van der Waals surface area contributed by atoms with Crippen molar-refractivity contribution < 1.29 is 9.53 Å². The molecule has 31 heavy (non-hydrogen) atoms. The Kier molecular flexibility index (Phi) is 6.31. The third-order valence-electron chi connectivity index (χ3n) is 5.33. The van der Waals surface area contributed by atoms with Crippen LogP contribution in [0.15, 0.2) is 72.8 Å². The van der Waals surface area contributed by atoms with Crippen molar-refractivity contribution in [2.45, 2.75) is 18.8 Å². The van der Waals surface area contributed by atoms with Gasteiger partial charge in [-0.1, -0.05) is 72.5 Å². The number of carbonyl (C=O) groups is 1. The lowest BCUT2D eigenvalue weighted by atomic mass is 9.98. The maximum atomic E-state index is 12.1. The summed E-state index contributed by atoms with van der Waals surface area (Å²) in [4.78, 5) is 12.1. The molecule has 0 heterocycles. The highest BCUT2D eigenvalue weighted by atomic mass is 16.5. The summed E-state index contributed by atoms with van der Waals surface area (Å²) in [6, 6.07) is 26.3. The predicted octanol–water partition coefficient (Wildman–Crippen LogP) is 5.03. The van der Waals surface area contributed by atoms with Crippen LogP contribution in [0.25, 0.3) is 11.1 Å². The van der Waals surface area contributed by atoms with Crippen LogP contribution in [0.3, 0.4) is 0 Å². The van der Waals surface area contributed by atoms with Gasteiger partial charge in [0.2, 0.25) is 0 Å². The van der Waals surface area contributed by atoms with Crippen molar-refractivity contribution in [2.24, 2.45) is 0 Å². The highest BCUT2D eigenvalue weighted by molar-refractivity contribution is 5.79. The lowest BCUT2D eigenvalue weighted by Crippen LogP contribution is -2.26. The Morgan fingerprint density at radius 3 is 2.23 bits per heavy atom. The van der Waals surface area contributed by atoms with Crippen molar-refractivity contribution in [2.75, 3.05) is 13.2 Å². The number of ether oxygens (including phenoxy) is 1. The van der Waals surface area contributed by atoms with Gasteiger partial charge in [-0.25, -0.2) is 4.79 Å². The van der Waals surface area contributed by atoms with E-state index >= 15 is 0 Å². The van der Waals surface area contributed by atoms with E-state index in [1.165, 1.54) is 22.3 Å². The number of rotatable bonds is 5. The average molecular weight is 406 g/mol. The van der Waals surface area contributed by atoms with Crippen molar-refractivity contribution >= 4 is 6.09 Å². The smallest absolute Gasteiger partial charge is 0.407 e. The van der Waals surface area contributed by atoms with Gasteiger partial charge in [0, 0.05) is 24.4 Å². The highest BCUT2D eigenvalue weighted by Crippen LogP contribution is 2.44. The molecule has 1 amide bonds. The van der Waals surface area contributed by atoms with Crippen molar-refractivity contribution in [3.63, 3.8) is 0 Å². The van der Waals surface area contributed by atoms with Crippen LogP contribution in [0.1, 0.15) is 34.6 Å². The molecule has 4 heteroatoms. The summed E-state index contributed by atoms with van der Waals surface area (Å²) in [5.74, 6) is 6.17. The van der Waals surface area contributed by atoms with Gasteiger partial charge in [-0.2, -0.15) is 5.26 Å². The summed E-state index contributed by atoms with van der Waals surface area (Å²) in [7, 11) is 0. The molecular formula is C27H22N2O2. The van der Waals surface area contributed by atoms with Gasteiger partial charge in [-0.05, 0) is 39.9 Å². The van der Waals surface area contributed by atoms with Gasteiger partial charge in [0.05, 0.1) is 12.5 Å². The van der Waals surface area contributed by atoms with Gasteiger partial charge in [0.25, 0.3) is 0 Å². The standard InChI is InChI=1S/C27H22N2O2/c28-17-16-21-14-12-20(13-15-21)7-5-6-18-29-27(30)31-19-26-24-10-3-1-8-22(24)23-9-2-4-11-25(23)26/h1-4,8-15,26H,6,16,18-19H2,(H,29,30). The largest absolute Gasteiger partial charge is 0.449 e. The Morgan fingerprint density at radius 1 is 0.935 bits per heavy atom. The summed E-state index contributed by atoms with van der Waals surface area (Å²) in [5, 5.41) is 11.5. The van der Waals surface area contributed by atoms with E-state index < -0.39 is 6.09 Å². The average Bonchev–Trinajstić information content (AvgIpc) is 3.12. The van der Waals surface area contributed by atoms with Gasteiger partial charge in [-0.15, -0.1) is 0 Å². The van der Waals surface area contributed by atoms with E-state index in [4.69, 9.17) is 10.00 Å². The fourth-order valence-electron chi connectivity index (χ4n) is 3.84. The topological polar surface area (TPSA) is 62.1 Å². The van der Waals surface area contributed by atoms with Crippen molar-refractivity contribution in [1.82, 2.24) is 5.32 Å². The summed E-state index contributed by atoms with van der Waals surface area (Å²) in [5.41, 5.74) is 6.69. The lowest BCUT2D eigenvalue weighted by molar-refractivity contribution is 0.143. The van der Waals surface area contributed by atoms with Gasteiger partial charge in [-0.3, -0.25) is 0 Å². The summed E-state index contributed by atoms with van der Waals surface area (Å²) >= 11 is 0. The van der Waals surface area contributed by atoms with Crippen LogP contribution in [0.5, 0.6) is 0 Å². The van der Waals surface area contributed by atoms with Crippen LogP contribution in [0.2, 0.25) is 0 Å².